The molecule has 5 heteroatoms. The molecule has 5 nitrogen and oxygen atoms in total. The van der Waals surface area contributed by atoms with E-state index in [2.05, 4.69) is 47.4 Å². The third-order valence-corrected chi connectivity index (χ3v) is 7.13. The lowest BCUT2D eigenvalue weighted by Gasteiger charge is -2.39. The molecule has 1 aromatic heterocycles. The van der Waals surface area contributed by atoms with E-state index in [-0.39, 0.29) is 12.0 Å². The van der Waals surface area contributed by atoms with Gasteiger partial charge in [0, 0.05) is 48.7 Å². The maximum absolute atomic E-state index is 12.7. The molecule has 1 fully saturated rings. The third-order valence-electron chi connectivity index (χ3n) is 7.13. The summed E-state index contributed by atoms with van der Waals surface area (Å²) in [5.74, 6) is 0.235. The van der Waals surface area contributed by atoms with Gasteiger partial charge in [0.05, 0.1) is 0 Å². The summed E-state index contributed by atoms with van der Waals surface area (Å²) < 4.78 is 5.82. The Morgan fingerprint density at radius 2 is 1.90 bits per heavy atom. The Bertz CT molecular complexity index is 937. The van der Waals surface area contributed by atoms with E-state index in [1.54, 1.807) is 0 Å². The topological polar surface area (TPSA) is 48.6 Å². The standard InChI is InChI=1S/C25H33N3O2/c1-27-16-18(17-30-25(29)28-11-6-4-2-3-5-7-12-28)13-21-20-9-8-10-22-24(20)19(15-26-22)14-23(21)27/h8-10,13,15,18,23,26H,2-7,11-12,14,16-17H2,1H3/t18?,23-/m0/s1. The zero-order valence-corrected chi connectivity index (χ0v) is 18.0. The van der Waals surface area contributed by atoms with Crippen molar-refractivity contribution in [3.63, 3.8) is 0 Å². The second-order valence-corrected chi connectivity index (χ2v) is 9.27. The predicted octanol–water partition coefficient (Wildman–Crippen LogP) is 4.83. The molecule has 1 N–H and O–H groups in total. The number of rotatable bonds is 2. The third kappa shape index (κ3) is 3.76. The number of carbonyl (C=O) groups excluding carboxylic acids is 1. The molecule has 0 radical (unpaired) electrons. The predicted molar refractivity (Wildman–Crippen MR) is 121 cm³/mol. The van der Waals surface area contributed by atoms with Crippen LogP contribution in [0.15, 0.2) is 30.5 Å². The lowest BCUT2D eigenvalue weighted by Crippen LogP contribution is -2.44. The van der Waals surface area contributed by atoms with Crippen LogP contribution in [0.5, 0.6) is 0 Å². The van der Waals surface area contributed by atoms with Crippen LogP contribution >= 0.6 is 0 Å². The number of hydrogen-bond donors (Lipinski definition) is 1. The molecule has 30 heavy (non-hydrogen) atoms. The number of likely N-dealkylation sites (N-methyl/N-ethyl adjacent to an activating group) is 1. The Kier molecular flexibility index (Phi) is 5.55. The average Bonchev–Trinajstić information content (AvgIpc) is 3.22. The second kappa shape index (κ2) is 8.46. The van der Waals surface area contributed by atoms with Crippen molar-refractivity contribution < 1.29 is 9.53 Å². The number of nitrogens with one attached hydrogen (secondary N) is 1. The first kappa shape index (κ1) is 19.7. The summed E-state index contributed by atoms with van der Waals surface area (Å²) in [6.07, 6.45) is 12.7. The lowest BCUT2D eigenvalue weighted by molar-refractivity contribution is 0.0843. The van der Waals surface area contributed by atoms with Gasteiger partial charge in [-0.3, -0.25) is 4.90 Å². The van der Waals surface area contributed by atoms with Gasteiger partial charge in [-0.05, 0) is 49.1 Å². The van der Waals surface area contributed by atoms with Crippen LogP contribution < -0.4 is 0 Å². The number of carbonyl (C=O) groups is 1. The number of ether oxygens (including phenoxy) is 1. The van der Waals surface area contributed by atoms with Crippen LogP contribution in [0.3, 0.4) is 0 Å². The Balaban J connectivity index is 1.30. The van der Waals surface area contributed by atoms with Gasteiger partial charge in [-0.25, -0.2) is 4.79 Å². The van der Waals surface area contributed by atoms with Crippen molar-refractivity contribution in [2.45, 2.75) is 51.0 Å². The molecule has 2 aliphatic heterocycles. The zero-order valence-electron chi connectivity index (χ0n) is 18.0. The molecule has 0 spiro atoms. The maximum Gasteiger partial charge on any atom is 0.409 e. The maximum atomic E-state index is 12.7. The number of fused-ring (bicyclic) bond motifs is 2. The Labute approximate surface area is 179 Å². The number of nitrogens with zero attached hydrogens (tertiary/aromatic N) is 2. The molecule has 160 valence electrons. The minimum atomic E-state index is -0.126. The number of aromatic nitrogens is 1. The van der Waals surface area contributed by atoms with Crippen LogP contribution in [-0.4, -0.2) is 60.2 Å². The quantitative estimate of drug-likeness (QED) is 0.776. The fourth-order valence-corrected chi connectivity index (χ4v) is 5.53. The van der Waals surface area contributed by atoms with Crippen molar-refractivity contribution in [3.8, 4) is 0 Å². The van der Waals surface area contributed by atoms with E-state index in [4.69, 9.17) is 4.74 Å². The second-order valence-electron chi connectivity index (χ2n) is 9.27. The summed E-state index contributed by atoms with van der Waals surface area (Å²) in [6, 6.07) is 6.93. The molecule has 0 bridgehead atoms. The summed E-state index contributed by atoms with van der Waals surface area (Å²) in [4.78, 5) is 20.5. The van der Waals surface area contributed by atoms with Crippen molar-refractivity contribution in [2.75, 3.05) is 33.3 Å². The summed E-state index contributed by atoms with van der Waals surface area (Å²) in [5, 5.41) is 1.36. The number of amides is 1. The van der Waals surface area contributed by atoms with Crippen LogP contribution in [0.4, 0.5) is 4.79 Å². The monoisotopic (exact) mass is 407 g/mol. The van der Waals surface area contributed by atoms with Crippen molar-refractivity contribution in [3.05, 3.63) is 41.6 Å². The highest BCUT2D eigenvalue weighted by Gasteiger charge is 2.34. The van der Waals surface area contributed by atoms with E-state index in [0.29, 0.717) is 12.6 Å². The fraction of sp³-hybridized carbons (Fsp3) is 0.560. The molecule has 3 heterocycles. The molecule has 1 aromatic carbocycles. The molecule has 0 saturated carbocycles. The summed E-state index contributed by atoms with van der Waals surface area (Å²) in [6.45, 7) is 3.07. The molecule has 1 amide bonds. The first-order valence-corrected chi connectivity index (χ1v) is 11.6. The number of H-pyrrole nitrogens is 1. The van der Waals surface area contributed by atoms with E-state index in [0.717, 1.165) is 38.9 Å². The molecule has 5 rings (SSSR count). The van der Waals surface area contributed by atoms with Gasteiger partial charge in [0.15, 0.2) is 0 Å². The Morgan fingerprint density at radius 1 is 1.13 bits per heavy atom. The highest BCUT2D eigenvalue weighted by molar-refractivity contribution is 5.98. The SMILES string of the molecule is CN1CC(COC(=O)N2CCCCCCCC2)C=C2c3cccc4[nH]cc(c34)C[C@@H]21. The fourth-order valence-electron chi connectivity index (χ4n) is 5.53. The highest BCUT2D eigenvalue weighted by atomic mass is 16.6. The molecule has 1 aliphatic carbocycles. The van der Waals surface area contributed by atoms with E-state index in [1.165, 1.54) is 53.3 Å². The number of benzene rings is 1. The van der Waals surface area contributed by atoms with Crippen LogP contribution in [-0.2, 0) is 11.2 Å². The molecule has 1 unspecified atom stereocenters. The van der Waals surface area contributed by atoms with Crippen LogP contribution in [0.2, 0.25) is 0 Å². The van der Waals surface area contributed by atoms with Crippen molar-refractivity contribution in [1.82, 2.24) is 14.8 Å². The highest BCUT2D eigenvalue weighted by Crippen LogP contribution is 2.40. The zero-order chi connectivity index (χ0) is 20.5. The Morgan fingerprint density at radius 3 is 2.70 bits per heavy atom. The van der Waals surface area contributed by atoms with E-state index in [9.17, 15) is 4.79 Å². The molecular formula is C25H33N3O2. The first-order valence-electron chi connectivity index (χ1n) is 11.6. The van der Waals surface area contributed by atoms with E-state index < -0.39 is 0 Å². The number of hydrogen-bond acceptors (Lipinski definition) is 3. The first-order chi connectivity index (χ1) is 14.7. The van der Waals surface area contributed by atoms with Crippen molar-refractivity contribution in [1.29, 1.82) is 0 Å². The van der Waals surface area contributed by atoms with Gasteiger partial charge in [0.2, 0.25) is 0 Å². The van der Waals surface area contributed by atoms with Gasteiger partial charge in [-0.2, -0.15) is 0 Å². The smallest absolute Gasteiger partial charge is 0.409 e. The van der Waals surface area contributed by atoms with E-state index in [1.807, 2.05) is 4.90 Å². The minimum absolute atomic E-state index is 0.126. The molecule has 3 aliphatic rings. The van der Waals surface area contributed by atoms with Crippen molar-refractivity contribution in [2.24, 2.45) is 5.92 Å². The lowest BCUT2D eigenvalue weighted by atomic mass is 9.80. The average molecular weight is 408 g/mol. The van der Waals surface area contributed by atoms with Gasteiger partial charge in [-0.15, -0.1) is 0 Å². The molecule has 1 saturated heterocycles. The summed E-state index contributed by atoms with van der Waals surface area (Å²) in [5.41, 5.74) is 5.35. The van der Waals surface area contributed by atoms with Crippen LogP contribution in [0.25, 0.3) is 16.5 Å². The molecule has 2 aromatic rings. The van der Waals surface area contributed by atoms with E-state index >= 15 is 0 Å². The van der Waals surface area contributed by atoms with Crippen LogP contribution in [0.1, 0.15) is 49.7 Å². The van der Waals surface area contributed by atoms with Gasteiger partial charge >= 0.3 is 6.09 Å². The van der Waals surface area contributed by atoms with Crippen LogP contribution in [0, 0.1) is 5.92 Å². The van der Waals surface area contributed by atoms with Gasteiger partial charge in [0.1, 0.15) is 6.61 Å². The van der Waals surface area contributed by atoms with Gasteiger partial charge < -0.3 is 14.6 Å². The summed E-state index contributed by atoms with van der Waals surface area (Å²) in [7, 11) is 2.20. The largest absolute Gasteiger partial charge is 0.449 e. The Hall–Kier alpha value is -2.27. The van der Waals surface area contributed by atoms with Crippen molar-refractivity contribution >= 4 is 22.6 Å². The van der Waals surface area contributed by atoms with Gasteiger partial charge in [0.25, 0.3) is 0 Å². The number of aromatic amines is 1. The summed E-state index contributed by atoms with van der Waals surface area (Å²) >= 11 is 0. The molecular weight excluding hydrogens is 374 g/mol. The normalized spacial score (nSPS) is 25.1. The minimum Gasteiger partial charge on any atom is -0.449 e. The molecule has 2 atom stereocenters. The van der Waals surface area contributed by atoms with Gasteiger partial charge in [-0.1, -0.05) is 43.9 Å².